The van der Waals surface area contributed by atoms with Gasteiger partial charge in [-0.3, -0.25) is 4.98 Å². The number of nitrogens with zero attached hydrogens (tertiary/aromatic N) is 3. The van der Waals surface area contributed by atoms with E-state index < -0.39 is 5.60 Å². The summed E-state index contributed by atoms with van der Waals surface area (Å²) in [4.78, 5) is 13.2. The van der Waals surface area contributed by atoms with Crippen LogP contribution in [0.15, 0.2) is 24.5 Å². The standard InChI is InChI=1S/C16H20N4O/c1-11-12(2)19-15(13-5-3-8-17-9-13)20-14(11)18-10-16(21)6-4-7-16/h3,5,8-9,21H,4,6-7,10H2,1-2H3,(H,18,19,20). The Bertz CT molecular complexity index is 638. The molecule has 3 rings (SSSR count). The molecule has 0 radical (unpaired) electrons. The molecule has 0 unspecified atom stereocenters. The molecule has 1 saturated carbocycles. The second-order valence-corrected chi connectivity index (χ2v) is 5.78. The van der Waals surface area contributed by atoms with E-state index in [0.29, 0.717) is 12.4 Å². The first-order valence-corrected chi connectivity index (χ1v) is 7.29. The Morgan fingerprint density at radius 3 is 2.71 bits per heavy atom. The third-order valence-corrected chi connectivity index (χ3v) is 4.18. The van der Waals surface area contributed by atoms with Gasteiger partial charge in [0.2, 0.25) is 0 Å². The SMILES string of the molecule is Cc1nc(-c2cccnc2)nc(NCC2(O)CCC2)c1C. The molecule has 0 aromatic carbocycles. The number of hydrogen-bond donors (Lipinski definition) is 2. The first-order chi connectivity index (χ1) is 10.1. The summed E-state index contributed by atoms with van der Waals surface area (Å²) < 4.78 is 0. The lowest BCUT2D eigenvalue weighted by molar-refractivity contribution is -0.0202. The summed E-state index contributed by atoms with van der Waals surface area (Å²) in [5.74, 6) is 1.45. The molecule has 5 nitrogen and oxygen atoms in total. The van der Waals surface area contributed by atoms with E-state index in [0.717, 1.165) is 41.9 Å². The van der Waals surface area contributed by atoms with Gasteiger partial charge in [-0.1, -0.05) is 0 Å². The lowest BCUT2D eigenvalue weighted by Crippen LogP contribution is -2.43. The van der Waals surface area contributed by atoms with Crippen molar-refractivity contribution < 1.29 is 5.11 Å². The van der Waals surface area contributed by atoms with Crippen LogP contribution >= 0.6 is 0 Å². The Labute approximate surface area is 124 Å². The maximum Gasteiger partial charge on any atom is 0.163 e. The lowest BCUT2D eigenvalue weighted by Gasteiger charge is -2.36. The van der Waals surface area contributed by atoms with Crippen molar-refractivity contribution >= 4 is 5.82 Å². The molecule has 1 fully saturated rings. The van der Waals surface area contributed by atoms with Crippen molar-refractivity contribution in [2.45, 2.75) is 38.7 Å². The summed E-state index contributed by atoms with van der Waals surface area (Å²) in [6, 6.07) is 3.82. The number of nitrogens with one attached hydrogen (secondary N) is 1. The first-order valence-electron chi connectivity index (χ1n) is 7.29. The largest absolute Gasteiger partial charge is 0.388 e. The zero-order valence-corrected chi connectivity index (χ0v) is 12.4. The van der Waals surface area contributed by atoms with Crippen LogP contribution in [0.2, 0.25) is 0 Å². The summed E-state index contributed by atoms with van der Waals surface area (Å²) in [5.41, 5.74) is 2.28. The minimum Gasteiger partial charge on any atom is -0.388 e. The average Bonchev–Trinajstić information content (AvgIpc) is 2.47. The van der Waals surface area contributed by atoms with Crippen LogP contribution < -0.4 is 5.32 Å². The van der Waals surface area contributed by atoms with Gasteiger partial charge in [0.15, 0.2) is 5.82 Å². The van der Waals surface area contributed by atoms with Gasteiger partial charge >= 0.3 is 0 Å². The molecule has 0 saturated heterocycles. The molecule has 2 aromatic heterocycles. The van der Waals surface area contributed by atoms with Crippen LogP contribution in [0.5, 0.6) is 0 Å². The van der Waals surface area contributed by atoms with Gasteiger partial charge in [0.1, 0.15) is 5.82 Å². The molecule has 21 heavy (non-hydrogen) atoms. The molecule has 0 aliphatic heterocycles. The molecule has 1 aliphatic carbocycles. The van der Waals surface area contributed by atoms with Crippen LogP contribution in [0.4, 0.5) is 5.82 Å². The normalized spacial score (nSPS) is 16.3. The molecule has 0 amide bonds. The van der Waals surface area contributed by atoms with Crippen molar-refractivity contribution in [3.05, 3.63) is 35.8 Å². The van der Waals surface area contributed by atoms with Crippen LogP contribution in [-0.4, -0.2) is 32.2 Å². The van der Waals surface area contributed by atoms with Gasteiger partial charge in [-0.25, -0.2) is 9.97 Å². The number of aromatic nitrogens is 3. The first kappa shape index (κ1) is 13.9. The second kappa shape index (κ2) is 5.41. The van der Waals surface area contributed by atoms with E-state index in [9.17, 15) is 5.11 Å². The van der Waals surface area contributed by atoms with Gasteiger partial charge in [-0.15, -0.1) is 0 Å². The summed E-state index contributed by atoms with van der Waals surface area (Å²) >= 11 is 0. The highest BCUT2D eigenvalue weighted by molar-refractivity contribution is 5.58. The van der Waals surface area contributed by atoms with E-state index in [1.807, 2.05) is 26.0 Å². The maximum absolute atomic E-state index is 10.2. The van der Waals surface area contributed by atoms with E-state index >= 15 is 0 Å². The minimum absolute atomic E-state index is 0.538. The van der Waals surface area contributed by atoms with Crippen molar-refractivity contribution in [2.75, 3.05) is 11.9 Å². The van der Waals surface area contributed by atoms with Crippen molar-refractivity contribution in [1.29, 1.82) is 0 Å². The molecular weight excluding hydrogens is 264 g/mol. The lowest BCUT2D eigenvalue weighted by atomic mass is 9.80. The van der Waals surface area contributed by atoms with Crippen LogP contribution in [0, 0.1) is 13.8 Å². The Hall–Kier alpha value is -2.01. The van der Waals surface area contributed by atoms with Crippen molar-refractivity contribution in [1.82, 2.24) is 15.0 Å². The van der Waals surface area contributed by atoms with Crippen molar-refractivity contribution in [2.24, 2.45) is 0 Å². The molecule has 5 heteroatoms. The van der Waals surface area contributed by atoms with Crippen LogP contribution in [0.1, 0.15) is 30.5 Å². The zero-order chi connectivity index (χ0) is 14.9. The highest BCUT2D eigenvalue weighted by atomic mass is 16.3. The Morgan fingerprint density at radius 2 is 2.10 bits per heavy atom. The Morgan fingerprint density at radius 1 is 1.29 bits per heavy atom. The second-order valence-electron chi connectivity index (χ2n) is 5.78. The molecular formula is C16H20N4O. The molecule has 0 spiro atoms. The number of rotatable bonds is 4. The van der Waals surface area contributed by atoms with E-state index in [1.54, 1.807) is 12.4 Å². The third kappa shape index (κ3) is 2.88. The predicted molar refractivity (Wildman–Crippen MR) is 82.0 cm³/mol. The fourth-order valence-corrected chi connectivity index (χ4v) is 2.43. The predicted octanol–water partition coefficient (Wildman–Crippen LogP) is 2.48. The smallest absolute Gasteiger partial charge is 0.163 e. The number of hydrogen-bond acceptors (Lipinski definition) is 5. The summed E-state index contributed by atoms with van der Waals surface area (Å²) in [6.45, 7) is 4.51. The molecule has 0 bridgehead atoms. The molecule has 1 aliphatic rings. The van der Waals surface area contributed by atoms with Gasteiger partial charge in [0.25, 0.3) is 0 Å². The number of anilines is 1. The van der Waals surface area contributed by atoms with Gasteiger partial charge < -0.3 is 10.4 Å². The van der Waals surface area contributed by atoms with Crippen molar-refractivity contribution in [3.8, 4) is 11.4 Å². The number of aryl methyl sites for hydroxylation is 1. The van der Waals surface area contributed by atoms with Crippen LogP contribution in [-0.2, 0) is 0 Å². The fourth-order valence-electron chi connectivity index (χ4n) is 2.43. The fraction of sp³-hybridized carbons (Fsp3) is 0.438. The number of pyridine rings is 1. The molecule has 0 atom stereocenters. The van der Waals surface area contributed by atoms with Crippen LogP contribution in [0.3, 0.4) is 0 Å². The van der Waals surface area contributed by atoms with E-state index in [1.165, 1.54) is 0 Å². The van der Waals surface area contributed by atoms with Gasteiger partial charge in [0.05, 0.1) is 5.60 Å². The molecule has 2 heterocycles. The number of aliphatic hydroxyl groups is 1. The minimum atomic E-state index is -0.570. The van der Waals surface area contributed by atoms with E-state index in [-0.39, 0.29) is 0 Å². The molecule has 2 N–H and O–H groups in total. The van der Waals surface area contributed by atoms with E-state index in [2.05, 4.69) is 20.3 Å². The Kier molecular flexibility index (Phi) is 3.59. The highest BCUT2D eigenvalue weighted by Crippen LogP contribution is 2.32. The Balaban J connectivity index is 1.87. The highest BCUT2D eigenvalue weighted by Gasteiger charge is 2.34. The zero-order valence-electron chi connectivity index (χ0n) is 12.4. The monoisotopic (exact) mass is 284 g/mol. The third-order valence-electron chi connectivity index (χ3n) is 4.18. The van der Waals surface area contributed by atoms with Gasteiger partial charge in [0, 0.05) is 35.8 Å². The maximum atomic E-state index is 10.2. The summed E-state index contributed by atoms with van der Waals surface area (Å²) in [7, 11) is 0. The average molecular weight is 284 g/mol. The quantitative estimate of drug-likeness (QED) is 0.902. The van der Waals surface area contributed by atoms with Gasteiger partial charge in [-0.05, 0) is 45.2 Å². The summed E-state index contributed by atoms with van der Waals surface area (Å²) in [5, 5.41) is 13.5. The van der Waals surface area contributed by atoms with E-state index in [4.69, 9.17) is 0 Å². The summed E-state index contributed by atoms with van der Waals surface area (Å²) in [6.07, 6.45) is 6.31. The molecule has 110 valence electrons. The van der Waals surface area contributed by atoms with Crippen LogP contribution in [0.25, 0.3) is 11.4 Å². The van der Waals surface area contributed by atoms with Crippen molar-refractivity contribution in [3.63, 3.8) is 0 Å². The topological polar surface area (TPSA) is 70.9 Å². The van der Waals surface area contributed by atoms with Gasteiger partial charge in [-0.2, -0.15) is 0 Å². The molecule has 2 aromatic rings.